The molecule has 0 spiro atoms. The van der Waals surface area contributed by atoms with Gasteiger partial charge in [-0.3, -0.25) is 14.5 Å². The Kier molecular flexibility index (Phi) is 3.57. The molecule has 8 nitrogen and oxygen atoms in total. The Morgan fingerprint density at radius 3 is 2.92 bits per heavy atom. The maximum Gasteiger partial charge on any atom is 0.272 e. The van der Waals surface area contributed by atoms with Gasteiger partial charge in [0.05, 0.1) is 17.3 Å². The summed E-state index contributed by atoms with van der Waals surface area (Å²) in [7, 11) is 0. The van der Waals surface area contributed by atoms with Crippen LogP contribution < -0.4 is 5.32 Å². The molecule has 1 amide bonds. The predicted molar refractivity (Wildman–Crippen MR) is 91.3 cm³/mol. The lowest BCUT2D eigenvalue weighted by atomic mass is 9.71. The van der Waals surface area contributed by atoms with Gasteiger partial charge in [0.1, 0.15) is 12.1 Å². The van der Waals surface area contributed by atoms with Gasteiger partial charge in [-0.15, -0.1) is 0 Å². The maximum absolute atomic E-state index is 12.7. The third-order valence-electron chi connectivity index (χ3n) is 4.87. The van der Waals surface area contributed by atoms with Crippen molar-refractivity contribution in [3.63, 3.8) is 0 Å². The van der Waals surface area contributed by atoms with Crippen molar-refractivity contribution in [3.05, 3.63) is 36.7 Å². The fourth-order valence-electron chi connectivity index (χ4n) is 3.19. The van der Waals surface area contributed by atoms with E-state index < -0.39 is 5.60 Å². The molecule has 1 saturated carbocycles. The smallest absolute Gasteiger partial charge is 0.272 e. The summed E-state index contributed by atoms with van der Waals surface area (Å²) in [6.45, 7) is 3.61. The lowest BCUT2D eigenvalue weighted by Crippen LogP contribution is -2.51. The lowest BCUT2D eigenvalue weighted by molar-refractivity contribution is -0.0309. The molecule has 0 bridgehead atoms. The molecule has 3 aromatic heterocycles. The van der Waals surface area contributed by atoms with Crippen molar-refractivity contribution >= 4 is 16.8 Å². The van der Waals surface area contributed by atoms with Crippen LogP contribution in [0.3, 0.4) is 0 Å². The molecule has 3 aromatic rings. The van der Waals surface area contributed by atoms with E-state index in [-0.39, 0.29) is 17.9 Å². The number of aromatic nitrogens is 5. The molecule has 3 heterocycles. The van der Waals surface area contributed by atoms with Crippen LogP contribution in [0.2, 0.25) is 0 Å². The number of fused-ring (bicyclic) bond motifs is 1. The molecule has 0 aliphatic heterocycles. The van der Waals surface area contributed by atoms with Crippen LogP contribution in [0, 0.1) is 5.92 Å². The van der Waals surface area contributed by atoms with E-state index in [4.69, 9.17) is 0 Å². The third-order valence-corrected chi connectivity index (χ3v) is 4.87. The number of H-pyrrole nitrogens is 1. The predicted octanol–water partition coefficient (Wildman–Crippen LogP) is 1.42. The first-order valence-corrected chi connectivity index (χ1v) is 8.27. The molecule has 8 heteroatoms. The first-order chi connectivity index (χ1) is 11.9. The van der Waals surface area contributed by atoms with Gasteiger partial charge in [-0.2, -0.15) is 5.10 Å². The summed E-state index contributed by atoms with van der Waals surface area (Å²) < 4.78 is 1.75. The van der Waals surface area contributed by atoms with Crippen LogP contribution in [0.5, 0.6) is 0 Å². The van der Waals surface area contributed by atoms with Crippen LogP contribution in [0.25, 0.3) is 16.7 Å². The summed E-state index contributed by atoms with van der Waals surface area (Å²) >= 11 is 0. The molecule has 3 N–H and O–H groups in total. The van der Waals surface area contributed by atoms with Crippen molar-refractivity contribution in [2.45, 2.75) is 38.3 Å². The molecule has 4 rings (SSSR count). The monoisotopic (exact) mass is 340 g/mol. The normalized spacial score (nSPS) is 20.4. The average molecular weight is 340 g/mol. The van der Waals surface area contributed by atoms with Crippen molar-refractivity contribution < 1.29 is 9.90 Å². The number of pyridine rings is 1. The zero-order valence-corrected chi connectivity index (χ0v) is 14.1. The number of rotatable bonds is 4. The van der Waals surface area contributed by atoms with Crippen LogP contribution in [0.1, 0.15) is 37.2 Å². The molecule has 0 unspecified atom stereocenters. The second-order valence-electron chi connectivity index (χ2n) is 7.13. The van der Waals surface area contributed by atoms with Gasteiger partial charge in [0.15, 0.2) is 5.69 Å². The fourth-order valence-corrected chi connectivity index (χ4v) is 3.19. The summed E-state index contributed by atoms with van der Waals surface area (Å²) in [5.41, 5.74) is 0.211. The number of imidazole rings is 1. The first-order valence-electron chi connectivity index (χ1n) is 8.27. The van der Waals surface area contributed by atoms with Gasteiger partial charge in [0.2, 0.25) is 0 Å². The molecule has 1 aliphatic rings. The van der Waals surface area contributed by atoms with Crippen molar-refractivity contribution in [1.29, 1.82) is 0 Å². The standard InChI is InChI=1S/C17H20N6O2/c1-17(2,25)11-6-12(7-11)20-16(24)15-14-10(8-19-22-14)5-13(21-15)23-4-3-18-9-23/h3-5,8-9,11-12,25H,6-7H2,1-2H3,(H,19,22)(H,20,24)/t11-,12-. The number of nitrogens with one attached hydrogen (secondary N) is 2. The van der Waals surface area contributed by atoms with Gasteiger partial charge in [-0.05, 0) is 38.7 Å². The highest BCUT2D eigenvalue weighted by Gasteiger charge is 2.39. The van der Waals surface area contributed by atoms with Crippen LogP contribution in [-0.4, -0.2) is 47.4 Å². The van der Waals surface area contributed by atoms with E-state index in [0.717, 1.165) is 18.2 Å². The molecule has 0 radical (unpaired) electrons. The maximum atomic E-state index is 12.7. The van der Waals surface area contributed by atoms with Crippen molar-refractivity contribution in [3.8, 4) is 5.82 Å². The Labute approximate surface area is 144 Å². The van der Waals surface area contributed by atoms with Crippen molar-refractivity contribution in [1.82, 2.24) is 30.0 Å². The van der Waals surface area contributed by atoms with Crippen LogP contribution in [-0.2, 0) is 0 Å². The molecule has 1 fully saturated rings. The average Bonchev–Trinajstić information content (AvgIpc) is 3.18. The Hall–Kier alpha value is -2.74. The zero-order valence-electron chi connectivity index (χ0n) is 14.1. The van der Waals surface area contributed by atoms with E-state index in [1.807, 2.05) is 6.07 Å². The lowest BCUT2D eigenvalue weighted by Gasteiger charge is -2.42. The Balaban J connectivity index is 1.58. The van der Waals surface area contributed by atoms with Gasteiger partial charge in [-0.1, -0.05) is 0 Å². The SMILES string of the molecule is CC(C)(O)[C@H]1C[C@H](NC(=O)c2nc(-n3ccnc3)cc3cn[nH]c23)C1. The fraction of sp³-hybridized carbons (Fsp3) is 0.412. The summed E-state index contributed by atoms with van der Waals surface area (Å²) in [6, 6.07) is 1.91. The molecule has 25 heavy (non-hydrogen) atoms. The third kappa shape index (κ3) is 2.89. The molecular weight excluding hydrogens is 320 g/mol. The highest BCUT2D eigenvalue weighted by Crippen LogP contribution is 2.36. The highest BCUT2D eigenvalue weighted by molar-refractivity contribution is 6.04. The van der Waals surface area contributed by atoms with E-state index in [0.29, 0.717) is 17.0 Å². The van der Waals surface area contributed by atoms with E-state index in [1.165, 1.54) is 0 Å². The minimum absolute atomic E-state index is 0.0561. The number of nitrogens with zero attached hydrogens (tertiary/aromatic N) is 4. The Morgan fingerprint density at radius 1 is 1.44 bits per heavy atom. The minimum Gasteiger partial charge on any atom is -0.390 e. The topological polar surface area (TPSA) is 109 Å². The Bertz CT molecular complexity index is 903. The quantitative estimate of drug-likeness (QED) is 0.665. The number of aromatic amines is 1. The van der Waals surface area contributed by atoms with Crippen LogP contribution in [0.4, 0.5) is 0 Å². The van der Waals surface area contributed by atoms with Crippen molar-refractivity contribution in [2.75, 3.05) is 0 Å². The van der Waals surface area contributed by atoms with E-state index >= 15 is 0 Å². The second-order valence-corrected chi connectivity index (χ2v) is 7.13. The zero-order chi connectivity index (χ0) is 17.6. The number of aliphatic hydroxyl groups is 1. The molecule has 0 saturated heterocycles. The van der Waals surface area contributed by atoms with Gasteiger partial charge >= 0.3 is 0 Å². The molecule has 130 valence electrons. The van der Waals surface area contributed by atoms with Crippen LogP contribution >= 0.6 is 0 Å². The van der Waals surface area contributed by atoms with Crippen LogP contribution in [0.15, 0.2) is 31.0 Å². The summed E-state index contributed by atoms with van der Waals surface area (Å²) in [4.78, 5) is 21.2. The number of hydrogen-bond acceptors (Lipinski definition) is 5. The first kappa shape index (κ1) is 15.8. The van der Waals surface area contributed by atoms with E-state index in [1.54, 1.807) is 43.3 Å². The molecule has 1 aliphatic carbocycles. The largest absolute Gasteiger partial charge is 0.390 e. The summed E-state index contributed by atoms with van der Waals surface area (Å²) in [5, 5.41) is 20.7. The summed E-state index contributed by atoms with van der Waals surface area (Å²) in [5.74, 6) is 0.574. The van der Waals surface area contributed by atoms with Crippen molar-refractivity contribution in [2.24, 2.45) is 5.92 Å². The van der Waals surface area contributed by atoms with E-state index in [2.05, 4.69) is 25.5 Å². The molecular formula is C17H20N6O2. The van der Waals surface area contributed by atoms with Gasteiger partial charge in [-0.25, -0.2) is 9.97 Å². The van der Waals surface area contributed by atoms with Gasteiger partial charge in [0.25, 0.3) is 5.91 Å². The summed E-state index contributed by atoms with van der Waals surface area (Å²) in [6.07, 6.45) is 8.27. The highest BCUT2D eigenvalue weighted by atomic mass is 16.3. The molecule has 0 atom stereocenters. The minimum atomic E-state index is -0.711. The molecule has 0 aromatic carbocycles. The number of carbonyl (C=O) groups is 1. The number of hydrogen-bond donors (Lipinski definition) is 3. The Morgan fingerprint density at radius 2 is 2.24 bits per heavy atom. The van der Waals surface area contributed by atoms with Gasteiger partial charge < -0.3 is 10.4 Å². The number of carbonyl (C=O) groups excluding carboxylic acids is 1. The van der Waals surface area contributed by atoms with E-state index in [9.17, 15) is 9.90 Å². The second kappa shape index (κ2) is 5.66. The number of amides is 1. The van der Waals surface area contributed by atoms with Gasteiger partial charge in [0, 0.05) is 23.8 Å².